The fourth-order valence-electron chi connectivity index (χ4n) is 1.29. The van der Waals surface area contributed by atoms with E-state index in [1.807, 2.05) is 0 Å². The Bertz CT molecular complexity index is 580. The summed E-state index contributed by atoms with van der Waals surface area (Å²) in [6, 6.07) is 5.74. The third kappa shape index (κ3) is 3.34. The Morgan fingerprint density at radius 1 is 1.28 bits per heavy atom. The second-order valence-electron chi connectivity index (χ2n) is 3.46. The van der Waals surface area contributed by atoms with Crippen LogP contribution >= 0.6 is 39.1 Å². The molecule has 0 N–H and O–H groups in total. The monoisotopic (exact) mass is 349 g/mol. The number of ether oxygens (including phenoxy) is 1. The Balaban J connectivity index is 2.13. The predicted octanol–water partition coefficient (Wildman–Crippen LogP) is 4.87. The van der Waals surface area contributed by atoms with Crippen LogP contribution in [0.2, 0.25) is 10.2 Å². The molecule has 94 valence electrons. The smallest absolute Gasteiger partial charge is 0.136 e. The minimum Gasteiger partial charge on any atom is -0.488 e. The molecule has 0 unspecified atom stereocenters. The Morgan fingerprint density at radius 2 is 2.06 bits per heavy atom. The molecule has 0 aliphatic heterocycles. The van der Waals surface area contributed by atoms with Gasteiger partial charge in [0.1, 0.15) is 23.3 Å². The van der Waals surface area contributed by atoms with Crippen LogP contribution in [0.15, 0.2) is 34.9 Å². The summed E-state index contributed by atoms with van der Waals surface area (Å²) >= 11 is 14.9. The number of nitrogens with zero attached hydrogens (tertiary/aromatic N) is 1. The molecule has 0 aliphatic rings. The van der Waals surface area contributed by atoms with Crippen LogP contribution in [0.25, 0.3) is 0 Å². The van der Waals surface area contributed by atoms with Crippen LogP contribution in [0.4, 0.5) is 4.39 Å². The number of hydrogen-bond donors (Lipinski definition) is 0. The van der Waals surface area contributed by atoms with Crippen LogP contribution in [-0.2, 0) is 6.61 Å². The molecular weight excluding hydrogens is 344 g/mol. The highest BCUT2D eigenvalue weighted by molar-refractivity contribution is 9.10. The van der Waals surface area contributed by atoms with Crippen molar-refractivity contribution >= 4 is 39.1 Å². The minimum absolute atomic E-state index is 0.186. The van der Waals surface area contributed by atoms with E-state index in [9.17, 15) is 4.39 Å². The molecule has 0 fully saturated rings. The quantitative estimate of drug-likeness (QED) is 0.737. The van der Waals surface area contributed by atoms with Gasteiger partial charge in [0.05, 0.1) is 9.50 Å². The van der Waals surface area contributed by atoms with E-state index in [0.717, 1.165) is 0 Å². The molecule has 1 heterocycles. The number of halogens is 4. The first-order valence-electron chi connectivity index (χ1n) is 4.94. The SMILES string of the molecule is Fc1ccc(Br)c(OCc2cnc(Cl)cc2Cl)c1. The lowest BCUT2D eigenvalue weighted by molar-refractivity contribution is 0.302. The highest BCUT2D eigenvalue weighted by Gasteiger charge is 2.06. The maximum Gasteiger partial charge on any atom is 0.136 e. The summed E-state index contributed by atoms with van der Waals surface area (Å²) in [6.07, 6.45) is 1.53. The maximum atomic E-state index is 13.0. The molecule has 0 spiro atoms. The van der Waals surface area contributed by atoms with E-state index in [1.165, 1.54) is 24.4 Å². The fourth-order valence-corrected chi connectivity index (χ4v) is 2.07. The molecule has 0 bridgehead atoms. The Morgan fingerprint density at radius 3 is 2.78 bits per heavy atom. The topological polar surface area (TPSA) is 22.1 Å². The Kier molecular flexibility index (Phi) is 4.43. The number of benzene rings is 1. The molecule has 0 amide bonds. The first-order valence-corrected chi connectivity index (χ1v) is 6.49. The first-order chi connectivity index (χ1) is 8.56. The highest BCUT2D eigenvalue weighted by Crippen LogP contribution is 2.27. The van der Waals surface area contributed by atoms with E-state index in [0.29, 0.717) is 26.0 Å². The van der Waals surface area contributed by atoms with Gasteiger partial charge in [-0.1, -0.05) is 23.2 Å². The molecular formula is C12H7BrCl2FNO. The lowest BCUT2D eigenvalue weighted by Crippen LogP contribution is -1.98. The summed E-state index contributed by atoms with van der Waals surface area (Å²) < 4.78 is 19.2. The molecule has 0 radical (unpaired) electrons. The average Bonchev–Trinajstić information content (AvgIpc) is 2.32. The van der Waals surface area contributed by atoms with Crippen molar-refractivity contribution in [1.82, 2.24) is 4.98 Å². The Hall–Kier alpha value is -0.840. The maximum absolute atomic E-state index is 13.0. The van der Waals surface area contributed by atoms with Crippen LogP contribution in [0.5, 0.6) is 5.75 Å². The Labute approximate surface area is 122 Å². The lowest BCUT2D eigenvalue weighted by Gasteiger charge is -2.09. The second-order valence-corrected chi connectivity index (χ2v) is 5.11. The number of pyridine rings is 1. The van der Waals surface area contributed by atoms with Gasteiger partial charge in [0, 0.05) is 17.8 Å². The van der Waals surface area contributed by atoms with Gasteiger partial charge in [-0.05, 0) is 34.1 Å². The number of aromatic nitrogens is 1. The molecule has 6 heteroatoms. The molecule has 1 aromatic carbocycles. The lowest BCUT2D eigenvalue weighted by atomic mass is 10.3. The van der Waals surface area contributed by atoms with Gasteiger partial charge in [-0.3, -0.25) is 0 Å². The van der Waals surface area contributed by atoms with Crippen molar-refractivity contribution in [2.24, 2.45) is 0 Å². The van der Waals surface area contributed by atoms with E-state index in [4.69, 9.17) is 27.9 Å². The summed E-state index contributed by atoms with van der Waals surface area (Å²) in [5, 5.41) is 0.776. The van der Waals surface area contributed by atoms with Gasteiger partial charge in [0.2, 0.25) is 0 Å². The van der Waals surface area contributed by atoms with Crippen molar-refractivity contribution < 1.29 is 9.13 Å². The molecule has 1 aromatic heterocycles. The predicted molar refractivity (Wildman–Crippen MR) is 72.7 cm³/mol. The van der Waals surface area contributed by atoms with E-state index in [2.05, 4.69) is 20.9 Å². The van der Waals surface area contributed by atoms with Gasteiger partial charge in [0.25, 0.3) is 0 Å². The van der Waals surface area contributed by atoms with E-state index < -0.39 is 0 Å². The average molecular weight is 351 g/mol. The largest absolute Gasteiger partial charge is 0.488 e. The third-order valence-corrected chi connectivity index (χ3v) is 3.39. The summed E-state index contributed by atoms with van der Waals surface area (Å²) in [5.74, 6) is 0.0366. The van der Waals surface area contributed by atoms with Crippen molar-refractivity contribution in [3.8, 4) is 5.75 Å². The van der Waals surface area contributed by atoms with Crippen molar-refractivity contribution in [1.29, 1.82) is 0 Å². The van der Waals surface area contributed by atoms with Crippen LogP contribution in [-0.4, -0.2) is 4.98 Å². The van der Waals surface area contributed by atoms with Crippen molar-refractivity contribution in [2.45, 2.75) is 6.61 Å². The number of hydrogen-bond acceptors (Lipinski definition) is 2. The van der Waals surface area contributed by atoms with Crippen molar-refractivity contribution in [2.75, 3.05) is 0 Å². The van der Waals surface area contributed by atoms with Crippen molar-refractivity contribution in [3.05, 3.63) is 56.5 Å². The molecule has 2 nitrogen and oxygen atoms in total. The molecule has 2 aromatic rings. The van der Waals surface area contributed by atoms with Crippen LogP contribution < -0.4 is 4.74 Å². The molecule has 0 saturated carbocycles. The fraction of sp³-hybridized carbons (Fsp3) is 0.0833. The molecule has 0 atom stereocenters. The zero-order valence-corrected chi connectivity index (χ0v) is 12.1. The van der Waals surface area contributed by atoms with Gasteiger partial charge in [-0.2, -0.15) is 0 Å². The van der Waals surface area contributed by atoms with Crippen LogP contribution in [0.1, 0.15) is 5.56 Å². The second kappa shape index (κ2) is 5.87. The van der Waals surface area contributed by atoms with Gasteiger partial charge < -0.3 is 4.74 Å². The molecule has 2 rings (SSSR count). The zero-order chi connectivity index (χ0) is 13.1. The first kappa shape index (κ1) is 13.6. The van der Waals surface area contributed by atoms with Crippen LogP contribution in [0, 0.1) is 5.82 Å². The molecule has 0 aliphatic carbocycles. The van der Waals surface area contributed by atoms with Gasteiger partial charge in [-0.15, -0.1) is 0 Å². The minimum atomic E-state index is -0.367. The summed E-state index contributed by atoms with van der Waals surface area (Å²) in [7, 11) is 0. The molecule has 18 heavy (non-hydrogen) atoms. The van der Waals surface area contributed by atoms with Gasteiger partial charge in [-0.25, -0.2) is 9.37 Å². The van der Waals surface area contributed by atoms with Gasteiger partial charge in [0.15, 0.2) is 0 Å². The summed E-state index contributed by atoms with van der Waals surface area (Å²) in [6.45, 7) is 0.186. The number of rotatable bonds is 3. The zero-order valence-electron chi connectivity index (χ0n) is 8.96. The van der Waals surface area contributed by atoms with E-state index >= 15 is 0 Å². The third-order valence-electron chi connectivity index (χ3n) is 2.17. The summed E-state index contributed by atoms with van der Waals surface area (Å²) in [5.41, 5.74) is 0.678. The standard InChI is InChI=1S/C12H7BrCl2FNO/c13-9-2-1-8(16)3-11(9)18-6-7-5-17-12(15)4-10(7)14/h1-5H,6H2. The van der Waals surface area contributed by atoms with E-state index in [1.54, 1.807) is 6.07 Å². The van der Waals surface area contributed by atoms with Crippen LogP contribution in [0.3, 0.4) is 0 Å². The highest BCUT2D eigenvalue weighted by atomic mass is 79.9. The van der Waals surface area contributed by atoms with Gasteiger partial charge >= 0.3 is 0 Å². The van der Waals surface area contributed by atoms with E-state index in [-0.39, 0.29) is 12.4 Å². The van der Waals surface area contributed by atoms with Crippen molar-refractivity contribution in [3.63, 3.8) is 0 Å². The molecule has 0 saturated heterocycles. The summed E-state index contributed by atoms with van der Waals surface area (Å²) in [4.78, 5) is 3.91. The normalized spacial score (nSPS) is 10.4.